The molecule has 3 N–H and O–H groups in total. The number of methoxy groups -OCH3 is 2. The van der Waals surface area contributed by atoms with E-state index in [2.05, 4.69) is 4.98 Å². The van der Waals surface area contributed by atoms with Gasteiger partial charge in [0, 0.05) is 36.8 Å². The number of nitrogens with zero attached hydrogens (tertiary/aromatic N) is 1. The minimum atomic E-state index is -0.907. The molecule has 1 aromatic carbocycles. The van der Waals surface area contributed by atoms with Gasteiger partial charge in [0.2, 0.25) is 5.88 Å². The molecule has 7 heteroatoms. The van der Waals surface area contributed by atoms with E-state index in [9.17, 15) is 14.6 Å². The van der Waals surface area contributed by atoms with E-state index >= 15 is 0 Å². The Morgan fingerprint density at radius 3 is 2.35 bits per heavy atom. The lowest BCUT2D eigenvalue weighted by Crippen LogP contribution is -2.17. The van der Waals surface area contributed by atoms with E-state index in [-0.39, 0.29) is 37.8 Å². The predicted octanol–water partition coefficient (Wildman–Crippen LogP) is 3.67. The maximum Gasteiger partial charge on any atom is 0.219 e. The van der Waals surface area contributed by atoms with Crippen LogP contribution in [0.3, 0.4) is 0 Å². The van der Waals surface area contributed by atoms with Crippen LogP contribution in [0.1, 0.15) is 49.4 Å². The van der Waals surface area contributed by atoms with Crippen LogP contribution in [-0.2, 0) is 11.3 Å². The van der Waals surface area contributed by atoms with E-state index in [4.69, 9.17) is 14.6 Å². The predicted molar refractivity (Wildman–Crippen MR) is 118 cm³/mol. The summed E-state index contributed by atoms with van der Waals surface area (Å²) < 4.78 is 24.5. The lowest BCUT2D eigenvalue weighted by atomic mass is 9.90. The first kappa shape index (κ1) is 24.9. The number of hydrogen-bond donors (Lipinski definition) is 3. The van der Waals surface area contributed by atoms with E-state index in [1.165, 1.54) is 12.1 Å². The second kappa shape index (κ2) is 11.9. The molecule has 170 valence electrons. The highest BCUT2D eigenvalue weighted by molar-refractivity contribution is 5.81. The van der Waals surface area contributed by atoms with Crippen molar-refractivity contribution in [3.63, 3.8) is 0 Å². The molecule has 0 aliphatic heterocycles. The minimum Gasteiger partial charge on any atom is -0.481 e. The molecule has 2 aromatic rings. The molecule has 31 heavy (non-hydrogen) atoms. The van der Waals surface area contributed by atoms with Crippen molar-refractivity contribution in [2.24, 2.45) is 0 Å². The molecule has 6 nitrogen and oxygen atoms in total. The van der Waals surface area contributed by atoms with Gasteiger partial charge in [0.25, 0.3) is 0 Å². The summed E-state index contributed by atoms with van der Waals surface area (Å²) in [4.78, 5) is 4.69. The minimum absolute atomic E-state index is 0.0430. The van der Waals surface area contributed by atoms with Crippen LogP contribution in [0.5, 0.6) is 5.88 Å². The first-order chi connectivity index (χ1) is 14.8. The van der Waals surface area contributed by atoms with Gasteiger partial charge in [0.05, 0.1) is 31.6 Å². The number of hydrogen-bond acceptors (Lipinski definition) is 6. The third-order valence-electron chi connectivity index (χ3n) is 4.95. The monoisotopic (exact) mass is 433 g/mol. The van der Waals surface area contributed by atoms with Crippen LogP contribution in [0.15, 0.2) is 30.3 Å². The largest absolute Gasteiger partial charge is 0.481 e. The number of rotatable bonds is 11. The van der Waals surface area contributed by atoms with Crippen LogP contribution in [0.25, 0.3) is 17.2 Å². The lowest BCUT2D eigenvalue weighted by Gasteiger charge is -2.21. The summed E-state index contributed by atoms with van der Waals surface area (Å²) in [5.74, 6) is 0.134. The summed E-state index contributed by atoms with van der Waals surface area (Å²) in [6.45, 7) is 4.10. The van der Waals surface area contributed by atoms with Gasteiger partial charge in [-0.25, -0.2) is 9.37 Å². The van der Waals surface area contributed by atoms with Gasteiger partial charge in [0.1, 0.15) is 5.82 Å². The maximum atomic E-state index is 13.6. The fourth-order valence-corrected chi connectivity index (χ4v) is 3.47. The van der Waals surface area contributed by atoms with E-state index < -0.39 is 12.2 Å². The van der Waals surface area contributed by atoms with Crippen molar-refractivity contribution < 1.29 is 29.2 Å². The highest BCUT2D eigenvalue weighted by Crippen LogP contribution is 2.38. The third kappa shape index (κ3) is 6.58. The summed E-state index contributed by atoms with van der Waals surface area (Å²) in [5.41, 5.74) is 3.80. The molecule has 0 aliphatic rings. The molecule has 0 saturated carbocycles. The Bertz CT molecular complexity index is 867. The number of pyridine rings is 1. The Morgan fingerprint density at radius 2 is 1.81 bits per heavy atom. The Balaban J connectivity index is 2.66. The van der Waals surface area contributed by atoms with Gasteiger partial charge in [-0.1, -0.05) is 38.1 Å². The normalized spacial score (nSPS) is 13.7. The highest BCUT2D eigenvalue weighted by atomic mass is 19.1. The molecule has 0 saturated heterocycles. The average Bonchev–Trinajstić information content (AvgIpc) is 2.73. The first-order valence-electron chi connectivity index (χ1n) is 10.3. The van der Waals surface area contributed by atoms with Crippen molar-refractivity contribution in [3.8, 4) is 17.0 Å². The van der Waals surface area contributed by atoms with Crippen molar-refractivity contribution in [1.29, 1.82) is 0 Å². The number of benzene rings is 1. The molecule has 0 amide bonds. The van der Waals surface area contributed by atoms with Gasteiger partial charge in [-0.05, 0) is 30.0 Å². The van der Waals surface area contributed by atoms with E-state index in [1.54, 1.807) is 38.5 Å². The van der Waals surface area contributed by atoms with Crippen molar-refractivity contribution in [2.45, 2.75) is 51.4 Å². The number of halogens is 1. The quantitative estimate of drug-likeness (QED) is 0.501. The Labute approximate surface area is 183 Å². The van der Waals surface area contributed by atoms with Gasteiger partial charge >= 0.3 is 0 Å². The van der Waals surface area contributed by atoms with E-state index in [0.717, 1.165) is 27.9 Å². The van der Waals surface area contributed by atoms with Gasteiger partial charge in [-0.2, -0.15) is 0 Å². The smallest absolute Gasteiger partial charge is 0.219 e. The van der Waals surface area contributed by atoms with Gasteiger partial charge in [-0.15, -0.1) is 0 Å². The standard InChI is InChI=1S/C24H32FNO5/c1-15(2)23-20(10-9-18(28)13-19(29)11-12-27)22(16-5-7-17(25)8-6-16)21(14-30-3)24(26-23)31-4/h5-10,15,18-19,27-29H,11-14H2,1-4H3/t18-,19+/m1/s1. The van der Waals surface area contributed by atoms with Crippen LogP contribution in [0, 0.1) is 5.82 Å². The third-order valence-corrected chi connectivity index (χ3v) is 4.95. The van der Waals surface area contributed by atoms with Gasteiger partial charge < -0.3 is 24.8 Å². The van der Waals surface area contributed by atoms with Crippen LogP contribution in [0.2, 0.25) is 0 Å². The highest BCUT2D eigenvalue weighted by Gasteiger charge is 2.22. The van der Waals surface area contributed by atoms with E-state index in [1.807, 2.05) is 13.8 Å². The molecule has 0 fully saturated rings. The molecule has 0 bridgehead atoms. The van der Waals surface area contributed by atoms with Gasteiger partial charge in [-0.3, -0.25) is 0 Å². The van der Waals surface area contributed by atoms with Gasteiger partial charge in [0.15, 0.2) is 0 Å². The zero-order valence-corrected chi connectivity index (χ0v) is 18.5. The number of aliphatic hydroxyl groups excluding tert-OH is 3. The summed E-state index contributed by atoms with van der Waals surface area (Å²) in [6, 6.07) is 6.15. The van der Waals surface area contributed by atoms with Crippen molar-refractivity contribution in [2.75, 3.05) is 20.8 Å². The second-order valence-corrected chi connectivity index (χ2v) is 7.70. The van der Waals surface area contributed by atoms with Crippen LogP contribution < -0.4 is 4.74 Å². The van der Waals surface area contributed by atoms with E-state index in [0.29, 0.717) is 5.88 Å². The Kier molecular flexibility index (Phi) is 9.58. The number of aromatic nitrogens is 1. The summed E-state index contributed by atoms with van der Waals surface area (Å²) in [5, 5.41) is 29.2. The van der Waals surface area contributed by atoms with Crippen LogP contribution >= 0.6 is 0 Å². The Morgan fingerprint density at radius 1 is 1.13 bits per heavy atom. The maximum absolute atomic E-state index is 13.6. The van der Waals surface area contributed by atoms with Crippen molar-refractivity contribution in [1.82, 2.24) is 4.98 Å². The molecular weight excluding hydrogens is 401 g/mol. The van der Waals surface area contributed by atoms with Crippen LogP contribution in [-0.4, -0.2) is 53.3 Å². The average molecular weight is 434 g/mol. The molecule has 2 rings (SSSR count). The molecular formula is C24H32FNO5. The Hall–Kier alpha value is -2.32. The molecule has 1 heterocycles. The molecule has 0 aliphatic carbocycles. The topological polar surface area (TPSA) is 92.0 Å². The fraction of sp³-hybridized carbons (Fsp3) is 0.458. The van der Waals surface area contributed by atoms with Crippen LogP contribution in [0.4, 0.5) is 4.39 Å². The SMILES string of the molecule is COCc1c(OC)nc(C(C)C)c(C=C[C@@H](O)C[C@@H](O)CCO)c1-c1ccc(F)cc1. The lowest BCUT2D eigenvalue weighted by molar-refractivity contribution is 0.0827. The number of ether oxygens (including phenoxy) is 2. The molecule has 0 spiro atoms. The number of aliphatic hydroxyl groups is 3. The zero-order chi connectivity index (χ0) is 23.0. The summed E-state index contributed by atoms with van der Waals surface area (Å²) >= 11 is 0. The fourth-order valence-electron chi connectivity index (χ4n) is 3.47. The summed E-state index contributed by atoms with van der Waals surface area (Å²) in [7, 11) is 3.12. The van der Waals surface area contributed by atoms with Crippen molar-refractivity contribution >= 4 is 6.08 Å². The molecule has 0 unspecified atom stereocenters. The molecule has 2 atom stereocenters. The van der Waals surface area contributed by atoms with Crippen molar-refractivity contribution in [3.05, 3.63) is 53.0 Å². The summed E-state index contributed by atoms with van der Waals surface area (Å²) in [6.07, 6.45) is 1.97. The molecule has 1 aromatic heterocycles. The second-order valence-electron chi connectivity index (χ2n) is 7.70. The molecule has 0 radical (unpaired) electrons. The zero-order valence-electron chi connectivity index (χ0n) is 18.5. The first-order valence-corrected chi connectivity index (χ1v) is 10.3.